The van der Waals surface area contributed by atoms with E-state index in [-0.39, 0.29) is 0 Å². The summed E-state index contributed by atoms with van der Waals surface area (Å²) in [4.78, 5) is 1.21. The van der Waals surface area contributed by atoms with E-state index in [0.717, 1.165) is 10.6 Å². The van der Waals surface area contributed by atoms with E-state index in [0.29, 0.717) is 0 Å². The molecule has 3 heteroatoms. The minimum Gasteiger partial charge on any atom is -0.405 e. The Labute approximate surface area is 77.9 Å². The molecule has 0 aliphatic carbocycles. The van der Waals surface area contributed by atoms with Gasteiger partial charge < -0.3 is 11.5 Å². The van der Waals surface area contributed by atoms with Crippen molar-refractivity contribution < 1.29 is 0 Å². The van der Waals surface area contributed by atoms with Crippen molar-refractivity contribution in [2.75, 3.05) is 5.73 Å². The third-order valence-corrected chi connectivity index (χ3v) is 2.09. The van der Waals surface area contributed by atoms with Crippen molar-refractivity contribution in [3.05, 3.63) is 22.7 Å². The minimum absolute atomic E-state index is 0.833. The molecule has 12 heavy (non-hydrogen) atoms. The molecule has 0 radical (unpaired) electrons. The molecule has 0 amide bonds. The highest BCUT2D eigenvalue weighted by molar-refractivity contribution is 7.16. The lowest BCUT2D eigenvalue weighted by atomic mass is 10.3. The summed E-state index contributed by atoms with van der Waals surface area (Å²) >= 11 is 1.58. The summed E-state index contributed by atoms with van der Waals surface area (Å²) in [5.74, 6) is 0. The first kappa shape index (κ1) is 11.0. The summed E-state index contributed by atoms with van der Waals surface area (Å²) in [5, 5.41) is 0.833. The molecule has 0 saturated heterocycles. The predicted octanol–water partition coefficient (Wildman–Crippen LogP) is 2.59. The summed E-state index contributed by atoms with van der Waals surface area (Å²) in [6.45, 7) is 6.02. The zero-order valence-corrected chi connectivity index (χ0v) is 8.61. The van der Waals surface area contributed by atoms with Gasteiger partial charge in [-0.2, -0.15) is 0 Å². The maximum Gasteiger partial charge on any atom is 0.0933 e. The summed E-state index contributed by atoms with van der Waals surface area (Å²) < 4.78 is 0. The van der Waals surface area contributed by atoms with E-state index in [4.69, 9.17) is 11.5 Å². The second-order valence-corrected chi connectivity index (χ2v) is 3.32. The summed E-state index contributed by atoms with van der Waals surface area (Å²) in [6, 6.07) is 2.02. The number of hydrogen-bond acceptors (Lipinski definition) is 3. The highest BCUT2D eigenvalue weighted by Crippen LogP contribution is 2.24. The maximum absolute atomic E-state index is 5.64. The topological polar surface area (TPSA) is 52.0 Å². The summed E-state index contributed by atoms with van der Waals surface area (Å²) in [7, 11) is 0. The molecule has 0 aliphatic heterocycles. The lowest BCUT2D eigenvalue weighted by molar-refractivity contribution is 1.50. The van der Waals surface area contributed by atoms with Gasteiger partial charge in [-0.25, -0.2) is 0 Å². The van der Waals surface area contributed by atoms with Crippen LogP contribution in [0.1, 0.15) is 24.3 Å². The Hall–Kier alpha value is -0.960. The van der Waals surface area contributed by atoms with Crippen molar-refractivity contribution in [1.82, 2.24) is 0 Å². The lowest BCUT2D eigenvalue weighted by Crippen LogP contribution is -1.82. The molecule has 0 aromatic carbocycles. The molecule has 0 unspecified atom stereocenters. The Morgan fingerprint density at radius 1 is 1.42 bits per heavy atom. The molecule has 0 spiro atoms. The van der Waals surface area contributed by atoms with E-state index in [9.17, 15) is 0 Å². The molecule has 1 rings (SSSR count). The Morgan fingerprint density at radius 3 is 2.33 bits per heavy atom. The Morgan fingerprint density at radius 2 is 2.00 bits per heavy atom. The Kier molecular flexibility index (Phi) is 5.21. The van der Waals surface area contributed by atoms with Gasteiger partial charge in [0.2, 0.25) is 0 Å². The van der Waals surface area contributed by atoms with Crippen LogP contribution in [0.2, 0.25) is 0 Å². The molecule has 2 nitrogen and oxygen atoms in total. The SMILES string of the molecule is CC.Cc1cc(/C=C\N)c(N)s1. The van der Waals surface area contributed by atoms with Crippen LogP contribution in [0.25, 0.3) is 6.08 Å². The van der Waals surface area contributed by atoms with E-state index in [2.05, 4.69) is 0 Å². The van der Waals surface area contributed by atoms with Crippen LogP contribution < -0.4 is 11.5 Å². The molecule has 4 N–H and O–H groups in total. The number of anilines is 1. The fourth-order valence-corrected chi connectivity index (χ4v) is 1.56. The normalized spacial score (nSPS) is 9.58. The zero-order chi connectivity index (χ0) is 9.56. The molecule has 1 heterocycles. The van der Waals surface area contributed by atoms with Crippen LogP contribution in [0.5, 0.6) is 0 Å². The second-order valence-electron chi connectivity index (χ2n) is 2.04. The van der Waals surface area contributed by atoms with Gasteiger partial charge in [-0.1, -0.05) is 13.8 Å². The van der Waals surface area contributed by atoms with Crippen LogP contribution >= 0.6 is 11.3 Å². The van der Waals surface area contributed by atoms with Crippen molar-refractivity contribution in [2.45, 2.75) is 20.8 Å². The van der Waals surface area contributed by atoms with Gasteiger partial charge in [0, 0.05) is 10.4 Å². The molecule has 0 fully saturated rings. The molecule has 68 valence electrons. The van der Waals surface area contributed by atoms with Crippen molar-refractivity contribution in [2.24, 2.45) is 5.73 Å². The number of nitrogen functional groups attached to an aromatic ring is 1. The van der Waals surface area contributed by atoms with E-state index in [1.807, 2.05) is 26.8 Å². The minimum atomic E-state index is 0.833. The third kappa shape index (κ3) is 2.96. The highest BCUT2D eigenvalue weighted by Gasteiger charge is 1.97. The first-order valence-electron chi connectivity index (χ1n) is 3.98. The number of nitrogens with two attached hydrogens (primary N) is 2. The largest absolute Gasteiger partial charge is 0.405 e. The van der Waals surface area contributed by atoms with Crippen molar-refractivity contribution in [1.29, 1.82) is 0 Å². The van der Waals surface area contributed by atoms with Crippen LogP contribution in [0, 0.1) is 6.92 Å². The maximum atomic E-state index is 5.64. The van der Waals surface area contributed by atoms with E-state index >= 15 is 0 Å². The Bertz CT molecular complexity index is 251. The standard InChI is InChI=1S/C7H10N2S.C2H6/c1-5-4-6(2-3-8)7(9)10-5;1-2/h2-4H,8-9H2,1H3;1-2H3/b3-2-;. The molecule has 0 bridgehead atoms. The lowest BCUT2D eigenvalue weighted by Gasteiger charge is -1.85. The first-order valence-corrected chi connectivity index (χ1v) is 4.80. The fourth-order valence-electron chi connectivity index (χ4n) is 0.786. The van der Waals surface area contributed by atoms with Gasteiger partial charge in [0.1, 0.15) is 0 Å². The summed E-state index contributed by atoms with van der Waals surface area (Å²) in [6.07, 6.45) is 3.30. The molecule has 0 aliphatic rings. The number of aryl methyl sites for hydroxylation is 1. The molecule has 1 aromatic rings. The van der Waals surface area contributed by atoms with Gasteiger partial charge in [-0.05, 0) is 25.3 Å². The quantitative estimate of drug-likeness (QED) is 0.705. The van der Waals surface area contributed by atoms with Gasteiger partial charge in [0.15, 0.2) is 0 Å². The monoisotopic (exact) mass is 184 g/mol. The number of hydrogen-bond donors (Lipinski definition) is 2. The molecular weight excluding hydrogens is 168 g/mol. The smallest absolute Gasteiger partial charge is 0.0933 e. The number of thiophene rings is 1. The van der Waals surface area contributed by atoms with E-state index in [1.165, 1.54) is 11.1 Å². The van der Waals surface area contributed by atoms with Crippen LogP contribution in [-0.4, -0.2) is 0 Å². The van der Waals surface area contributed by atoms with Crippen LogP contribution in [-0.2, 0) is 0 Å². The van der Waals surface area contributed by atoms with Crippen molar-refractivity contribution in [3.8, 4) is 0 Å². The second kappa shape index (κ2) is 5.66. The van der Waals surface area contributed by atoms with Crippen LogP contribution in [0.3, 0.4) is 0 Å². The fraction of sp³-hybridized carbons (Fsp3) is 0.333. The average Bonchev–Trinajstić information content (AvgIpc) is 2.35. The Balaban J connectivity index is 0.000000561. The third-order valence-electron chi connectivity index (χ3n) is 1.19. The molecule has 1 aromatic heterocycles. The molecule has 0 atom stereocenters. The van der Waals surface area contributed by atoms with E-state index in [1.54, 1.807) is 17.4 Å². The zero-order valence-electron chi connectivity index (χ0n) is 7.79. The van der Waals surface area contributed by atoms with Crippen molar-refractivity contribution >= 4 is 22.4 Å². The van der Waals surface area contributed by atoms with Gasteiger partial charge in [0.05, 0.1) is 5.00 Å². The van der Waals surface area contributed by atoms with Gasteiger partial charge in [-0.15, -0.1) is 11.3 Å². The molecular formula is C9H16N2S. The average molecular weight is 184 g/mol. The van der Waals surface area contributed by atoms with Gasteiger partial charge in [0.25, 0.3) is 0 Å². The van der Waals surface area contributed by atoms with Gasteiger partial charge in [-0.3, -0.25) is 0 Å². The summed E-state index contributed by atoms with van der Waals surface area (Å²) in [5.41, 5.74) is 11.9. The predicted molar refractivity (Wildman–Crippen MR) is 58.0 cm³/mol. The van der Waals surface area contributed by atoms with Crippen LogP contribution in [0.15, 0.2) is 12.3 Å². The number of rotatable bonds is 1. The van der Waals surface area contributed by atoms with E-state index < -0.39 is 0 Å². The van der Waals surface area contributed by atoms with Crippen LogP contribution in [0.4, 0.5) is 5.00 Å². The van der Waals surface area contributed by atoms with Gasteiger partial charge >= 0.3 is 0 Å². The first-order chi connectivity index (χ1) is 5.74. The highest BCUT2D eigenvalue weighted by atomic mass is 32.1. The van der Waals surface area contributed by atoms with Crippen molar-refractivity contribution in [3.63, 3.8) is 0 Å². The molecule has 0 saturated carbocycles.